The van der Waals surface area contributed by atoms with Crippen LogP contribution in [0.4, 0.5) is 4.79 Å². The minimum Gasteiger partial charge on any atom is -0.480 e. The van der Waals surface area contributed by atoms with E-state index in [2.05, 4.69) is 22.8 Å². The Bertz CT molecular complexity index is 1050. The minimum absolute atomic E-state index is 0.0693. The number of amides is 2. The first-order valence-electron chi connectivity index (χ1n) is 11.4. The van der Waals surface area contributed by atoms with Gasteiger partial charge in [-0.15, -0.1) is 0 Å². The van der Waals surface area contributed by atoms with Crippen LogP contribution in [0.5, 0.6) is 0 Å². The van der Waals surface area contributed by atoms with Crippen LogP contribution in [0, 0.1) is 11.3 Å². The Morgan fingerprint density at radius 1 is 1.03 bits per heavy atom. The van der Waals surface area contributed by atoms with Crippen LogP contribution in [0.1, 0.15) is 37.8 Å². The average Bonchev–Trinajstić information content (AvgIpc) is 3.37. The maximum absolute atomic E-state index is 12.8. The summed E-state index contributed by atoms with van der Waals surface area (Å²) in [6, 6.07) is 14.5. The standard InChI is InChI=1S/C26H30N2O6/c1-26(2,3)22(24(30)31)28-23(29)20-12-33-14-21(20)27-25(32)34-13-19-17-10-6-4-8-15(17)16-9-5-7-11-18(16)19/h4-11,19-22H,12-14H2,1-3H3,(H,27,32)(H,28,29)(H,30,31)/t20?,21?,22-/m1/s1. The largest absolute Gasteiger partial charge is 0.480 e. The average molecular weight is 467 g/mol. The fraction of sp³-hybridized carbons (Fsp3) is 0.423. The topological polar surface area (TPSA) is 114 Å². The first-order valence-corrected chi connectivity index (χ1v) is 11.4. The lowest BCUT2D eigenvalue weighted by molar-refractivity contribution is -0.145. The molecule has 4 rings (SSSR count). The van der Waals surface area contributed by atoms with Gasteiger partial charge in [0, 0.05) is 5.92 Å². The van der Waals surface area contributed by atoms with Crippen molar-refractivity contribution in [2.75, 3.05) is 19.8 Å². The zero-order valence-corrected chi connectivity index (χ0v) is 19.5. The number of nitrogens with one attached hydrogen (secondary N) is 2. The molecule has 0 aromatic heterocycles. The number of alkyl carbamates (subject to hydrolysis) is 1. The van der Waals surface area contributed by atoms with Gasteiger partial charge in [-0.05, 0) is 27.7 Å². The summed E-state index contributed by atoms with van der Waals surface area (Å²) in [6.45, 7) is 5.62. The molecule has 0 radical (unpaired) electrons. The molecule has 1 heterocycles. The minimum atomic E-state index is -1.11. The van der Waals surface area contributed by atoms with Gasteiger partial charge in [0.15, 0.2) is 0 Å². The lowest BCUT2D eigenvalue weighted by atomic mass is 9.86. The summed E-state index contributed by atoms with van der Waals surface area (Å²) in [7, 11) is 0. The second-order valence-corrected chi connectivity index (χ2v) is 9.87. The molecular formula is C26H30N2O6. The Hall–Kier alpha value is -3.39. The molecule has 1 fully saturated rings. The van der Waals surface area contributed by atoms with Crippen LogP contribution in [0.2, 0.25) is 0 Å². The molecule has 2 amide bonds. The molecule has 2 aromatic rings. The third-order valence-corrected chi connectivity index (χ3v) is 6.46. The Morgan fingerprint density at radius 2 is 1.62 bits per heavy atom. The van der Waals surface area contributed by atoms with Gasteiger partial charge in [0.1, 0.15) is 12.6 Å². The van der Waals surface area contributed by atoms with Crippen molar-refractivity contribution in [1.29, 1.82) is 0 Å². The van der Waals surface area contributed by atoms with Gasteiger partial charge in [-0.1, -0.05) is 69.3 Å². The zero-order valence-electron chi connectivity index (χ0n) is 19.5. The molecule has 2 aromatic carbocycles. The number of fused-ring (bicyclic) bond motifs is 3. The summed E-state index contributed by atoms with van der Waals surface area (Å²) in [4.78, 5) is 37.0. The van der Waals surface area contributed by atoms with Crippen LogP contribution in [0.15, 0.2) is 48.5 Å². The van der Waals surface area contributed by atoms with E-state index >= 15 is 0 Å². The van der Waals surface area contributed by atoms with Gasteiger partial charge in [-0.3, -0.25) is 4.79 Å². The van der Waals surface area contributed by atoms with Gasteiger partial charge in [0.2, 0.25) is 5.91 Å². The van der Waals surface area contributed by atoms with E-state index in [0.29, 0.717) is 0 Å². The second-order valence-electron chi connectivity index (χ2n) is 9.87. The number of hydrogen-bond donors (Lipinski definition) is 3. The third-order valence-electron chi connectivity index (χ3n) is 6.46. The molecule has 1 aliphatic carbocycles. The van der Waals surface area contributed by atoms with Gasteiger partial charge < -0.3 is 25.2 Å². The number of carboxylic acid groups (broad SMARTS) is 1. The highest BCUT2D eigenvalue weighted by Gasteiger charge is 2.40. The van der Waals surface area contributed by atoms with Crippen molar-refractivity contribution in [2.24, 2.45) is 11.3 Å². The Kier molecular flexibility index (Phi) is 6.61. The highest BCUT2D eigenvalue weighted by atomic mass is 16.5. The number of carboxylic acids is 1. The first-order chi connectivity index (χ1) is 16.2. The van der Waals surface area contributed by atoms with E-state index in [4.69, 9.17) is 9.47 Å². The maximum Gasteiger partial charge on any atom is 0.407 e. The highest BCUT2D eigenvalue weighted by Crippen LogP contribution is 2.44. The quantitative estimate of drug-likeness (QED) is 0.603. The summed E-state index contributed by atoms with van der Waals surface area (Å²) >= 11 is 0. The van der Waals surface area contributed by atoms with Crippen LogP contribution in [0.3, 0.4) is 0 Å². The Balaban J connectivity index is 1.38. The normalized spacial score (nSPS) is 20.2. The summed E-state index contributed by atoms with van der Waals surface area (Å²) in [5.41, 5.74) is 3.83. The SMILES string of the molecule is CC(C)(C)[C@H](NC(=O)C1COCC1NC(=O)OCC1c2ccccc2-c2ccccc21)C(=O)O. The van der Waals surface area contributed by atoms with Crippen molar-refractivity contribution in [2.45, 2.75) is 38.8 Å². The van der Waals surface area contributed by atoms with Crippen molar-refractivity contribution < 1.29 is 29.0 Å². The summed E-state index contributed by atoms with van der Waals surface area (Å²) in [5, 5.41) is 14.8. The number of carbonyl (C=O) groups excluding carboxylic acids is 2. The third kappa shape index (κ3) is 4.77. The van der Waals surface area contributed by atoms with Crippen LogP contribution < -0.4 is 10.6 Å². The molecule has 3 atom stereocenters. The van der Waals surface area contributed by atoms with E-state index in [1.807, 2.05) is 36.4 Å². The number of carbonyl (C=O) groups is 3. The molecule has 3 N–H and O–H groups in total. The highest BCUT2D eigenvalue weighted by molar-refractivity contribution is 5.86. The van der Waals surface area contributed by atoms with E-state index in [1.54, 1.807) is 20.8 Å². The van der Waals surface area contributed by atoms with E-state index in [1.165, 1.54) is 0 Å². The predicted octanol–water partition coefficient (Wildman–Crippen LogP) is 3.16. The van der Waals surface area contributed by atoms with Gasteiger partial charge in [-0.25, -0.2) is 9.59 Å². The lowest BCUT2D eigenvalue weighted by Gasteiger charge is -2.29. The monoisotopic (exact) mass is 466 g/mol. The first kappa shape index (κ1) is 23.8. The van der Waals surface area contributed by atoms with Crippen molar-refractivity contribution in [3.63, 3.8) is 0 Å². The molecule has 0 bridgehead atoms. The Morgan fingerprint density at radius 3 is 2.18 bits per heavy atom. The molecule has 8 nitrogen and oxygen atoms in total. The summed E-state index contributed by atoms with van der Waals surface area (Å²) in [6.07, 6.45) is -0.638. The number of hydrogen-bond acceptors (Lipinski definition) is 5. The molecule has 0 saturated carbocycles. The molecule has 2 aliphatic rings. The van der Waals surface area contributed by atoms with Gasteiger partial charge in [-0.2, -0.15) is 0 Å². The predicted molar refractivity (Wildman–Crippen MR) is 125 cm³/mol. The Labute approximate surface area is 198 Å². The van der Waals surface area contributed by atoms with Crippen LogP contribution in [-0.2, 0) is 19.1 Å². The van der Waals surface area contributed by atoms with Crippen LogP contribution in [-0.4, -0.2) is 55.0 Å². The number of aliphatic carboxylic acids is 1. The maximum atomic E-state index is 12.8. The fourth-order valence-electron chi connectivity index (χ4n) is 4.64. The smallest absolute Gasteiger partial charge is 0.407 e. The fourth-order valence-corrected chi connectivity index (χ4v) is 4.64. The lowest BCUT2D eigenvalue weighted by Crippen LogP contribution is -2.54. The van der Waals surface area contributed by atoms with Gasteiger partial charge in [0.05, 0.1) is 25.2 Å². The number of benzene rings is 2. The molecule has 1 saturated heterocycles. The van der Waals surface area contributed by atoms with Crippen molar-refractivity contribution in [1.82, 2.24) is 10.6 Å². The van der Waals surface area contributed by atoms with E-state index < -0.39 is 41.4 Å². The number of rotatable bonds is 6. The molecule has 8 heteroatoms. The molecule has 1 aliphatic heterocycles. The molecule has 34 heavy (non-hydrogen) atoms. The molecule has 0 spiro atoms. The van der Waals surface area contributed by atoms with Crippen molar-refractivity contribution in [3.8, 4) is 11.1 Å². The van der Waals surface area contributed by atoms with E-state index in [0.717, 1.165) is 22.3 Å². The molecule has 180 valence electrons. The van der Waals surface area contributed by atoms with Gasteiger partial charge >= 0.3 is 12.1 Å². The van der Waals surface area contributed by atoms with Crippen molar-refractivity contribution >= 4 is 18.0 Å². The van der Waals surface area contributed by atoms with E-state index in [-0.39, 0.29) is 25.7 Å². The molecular weight excluding hydrogens is 436 g/mol. The number of ether oxygens (including phenoxy) is 2. The van der Waals surface area contributed by atoms with Crippen LogP contribution in [0.25, 0.3) is 11.1 Å². The summed E-state index contributed by atoms with van der Waals surface area (Å²) < 4.78 is 11.0. The van der Waals surface area contributed by atoms with Gasteiger partial charge in [0.25, 0.3) is 0 Å². The molecule has 2 unspecified atom stereocenters. The van der Waals surface area contributed by atoms with E-state index in [9.17, 15) is 19.5 Å². The van der Waals surface area contributed by atoms with Crippen LogP contribution >= 0.6 is 0 Å². The summed E-state index contributed by atoms with van der Waals surface area (Å²) in [5.74, 6) is -2.35. The van der Waals surface area contributed by atoms with Crippen molar-refractivity contribution in [3.05, 3.63) is 59.7 Å². The second kappa shape index (κ2) is 9.46. The zero-order chi connectivity index (χ0) is 24.5.